The van der Waals surface area contributed by atoms with Crippen molar-refractivity contribution in [3.63, 3.8) is 0 Å². The monoisotopic (exact) mass is 513 g/mol. The van der Waals surface area contributed by atoms with E-state index in [1.165, 1.54) is 32.1 Å². The molecule has 9 heteroatoms. The Balaban J connectivity index is 1.23. The Morgan fingerprint density at radius 3 is 2.54 bits per heavy atom. The first-order valence-corrected chi connectivity index (χ1v) is 13.2. The van der Waals surface area contributed by atoms with Gasteiger partial charge < -0.3 is 10.3 Å². The second-order valence-corrected chi connectivity index (χ2v) is 9.99. The summed E-state index contributed by atoms with van der Waals surface area (Å²) in [6, 6.07) is 11.8. The minimum absolute atomic E-state index is 0.517. The lowest BCUT2D eigenvalue weighted by atomic mass is 9.87. The van der Waals surface area contributed by atoms with E-state index in [1.54, 1.807) is 18.6 Å². The number of aromatic amines is 2. The molecule has 1 aliphatic rings. The molecular formula is C30H27N9. The molecule has 7 rings (SSSR count). The van der Waals surface area contributed by atoms with E-state index in [0.717, 1.165) is 56.0 Å². The summed E-state index contributed by atoms with van der Waals surface area (Å²) in [6.45, 7) is 4.31. The summed E-state index contributed by atoms with van der Waals surface area (Å²) in [6.07, 6.45) is 15.2. The van der Waals surface area contributed by atoms with Crippen molar-refractivity contribution in [2.75, 3.05) is 5.32 Å². The number of hydrogen-bond donors (Lipinski definition) is 3. The summed E-state index contributed by atoms with van der Waals surface area (Å²) < 4.78 is 0. The Kier molecular flexibility index (Phi) is 5.81. The highest BCUT2D eigenvalue weighted by atomic mass is 15.2. The predicted octanol–water partition coefficient (Wildman–Crippen LogP) is 6.53. The summed E-state index contributed by atoms with van der Waals surface area (Å²) in [4.78, 5) is 26.4. The average Bonchev–Trinajstić information content (AvgIpc) is 3.62. The average molecular weight is 514 g/mol. The van der Waals surface area contributed by atoms with Crippen molar-refractivity contribution in [2.24, 2.45) is 5.92 Å². The number of hydrogen-bond acceptors (Lipinski definition) is 7. The molecule has 1 aliphatic carbocycles. The van der Waals surface area contributed by atoms with Gasteiger partial charge in [0.05, 0.1) is 34.3 Å². The number of H-pyrrole nitrogens is 2. The molecule has 0 unspecified atom stereocenters. The van der Waals surface area contributed by atoms with Gasteiger partial charge in [0, 0.05) is 41.6 Å². The van der Waals surface area contributed by atoms with E-state index in [0.29, 0.717) is 17.4 Å². The Hall–Kier alpha value is -4.92. The molecule has 3 N–H and O–H groups in total. The molecule has 0 atom stereocenters. The molecular weight excluding hydrogens is 486 g/mol. The van der Waals surface area contributed by atoms with Gasteiger partial charge in [0.25, 0.3) is 0 Å². The van der Waals surface area contributed by atoms with Crippen LogP contribution in [0.4, 0.5) is 5.69 Å². The van der Waals surface area contributed by atoms with Crippen LogP contribution in [0, 0.1) is 5.92 Å². The van der Waals surface area contributed by atoms with Crippen LogP contribution in [0.3, 0.4) is 0 Å². The zero-order valence-corrected chi connectivity index (χ0v) is 21.4. The SMILES string of the molecule is C=C(Nc1cncc(-c2ccc3[nH]nc(-c4nc5c(-c6ccncc6)nccc5[nH]4)c3n2)c1)C1CCCCC1. The molecule has 0 saturated heterocycles. The fraction of sp³-hybridized carbons (Fsp3) is 0.200. The predicted molar refractivity (Wildman–Crippen MR) is 153 cm³/mol. The third-order valence-corrected chi connectivity index (χ3v) is 7.42. The van der Waals surface area contributed by atoms with E-state index < -0.39 is 0 Å². The summed E-state index contributed by atoms with van der Waals surface area (Å²) in [7, 11) is 0. The zero-order valence-electron chi connectivity index (χ0n) is 21.4. The van der Waals surface area contributed by atoms with Gasteiger partial charge in [-0.15, -0.1) is 0 Å². The lowest BCUT2D eigenvalue weighted by molar-refractivity contribution is 0.405. The Labute approximate surface area is 224 Å². The van der Waals surface area contributed by atoms with E-state index in [-0.39, 0.29) is 0 Å². The topological polar surface area (TPSA) is 121 Å². The fourth-order valence-corrected chi connectivity index (χ4v) is 5.38. The fourth-order valence-electron chi connectivity index (χ4n) is 5.38. The lowest BCUT2D eigenvalue weighted by Gasteiger charge is -2.24. The van der Waals surface area contributed by atoms with Crippen molar-refractivity contribution in [2.45, 2.75) is 32.1 Å². The third kappa shape index (κ3) is 4.41. The molecule has 6 heterocycles. The quantitative estimate of drug-likeness (QED) is 0.232. The van der Waals surface area contributed by atoms with Crippen LogP contribution < -0.4 is 5.32 Å². The smallest absolute Gasteiger partial charge is 0.161 e. The molecule has 6 aromatic rings. The first-order chi connectivity index (χ1) is 19.2. The van der Waals surface area contributed by atoms with Gasteiger partial charge in [0.2, 0.25) is 0 Å². The van der Waals surface area contributed by atoms with E-state index in [1.807, 2.05) is 42.7 Å². The van der Waals surface area contributed by atoms with Crippen LogP contribution >= 0.6 is 0 Å². The van der Waals surface area contributed by atoms with Crippen LogP contribution in [0.25, 0.3) is 56.1 Å². The Bertz CT molecular complexity index is 1800. The molecule has 0 aromatic carbocycles. The van der Waals surface area contributed by atoms with Crippen LogP contribution in [-0.2, 0) is 0 Å². The molecule has 6 aromatic heterocycles. The van der Waals surface area contributed by atoms with Gasteiger partial charge in [0.1, 0.15) is 11.0 Å². The molecule has 39 heavy (non-hydrogen) atoms. The van der Waals surface area contributed by atoms with Crippen molar-refractivity contribution < 1.29 is 0 Å². The largest absolute Gasteiger partial charge is 0.358 e. The Morgan fingerprint density at radius 2 is 1.67 bits per heavy atom. The van der Waals surface area contributed by atoms with Crippen LogP contribution in [0.1, 0.15) is 32.1 Å². The molecule has 0 radical (unpaired) electrons. The number of nitrogens with zero attached hydrogens (tertiary/aromatic N) is 6. The number of aromatic nitrogens is 8. The van der Waals surface area contributed by atoms with Gasteiger partial charge in [-0.05, 0) is 55.2 Å². The number of nitrogens with one attached hydrogen (secondary N) is 3. The highest BCUT2D eigenvalue weighted by Gasteiger charge is 2.19. The molecule has 192 valence electrons. The summed E-state index contributed by atoms with van der Waals surface area (Å²) in [5, 5.41) is 11.1. The number of pyridine rings is 4. The minimum atomic E-state index is 0.517. The van der Waals surface area contributed by atoms with Crippen molar-refractivity contribution >= 4 is 27.8 Å². The molecule has 0 bridgehead atoms. The normalized spacial score (nSPS) is 14.2. The maximum atomic E-state index is 4.97. The van der Waals surface area contributed by atoms with Crippen LogP contribution in [-0.4, -0.2) is 40.1 Å². The summed E-state index contributed by atoms with van der Waals surface area (Å²) in [5.41, 5.74) is 9.31. The van der Waals surface area contributed by atoms with Crippen molar-refractivity contribution in [1.29, 1.82) is 0 Å². The standard InChI is InChI=1S/C30H27N9/c1-18(19-5-3-2-4-6-19)34-22-15-21(16-32-17-22)23-7-8-25-28(35-23)29(39-38-25)30-36-24-11-14-33-26(27(24)37-30)20-9-12-31-13-10-20/h7-17,19,34H,1-6H2,(H,36,37)(H,38,39). The highest BCUT2D eigenvalue weighted by Crippen LogP contribution is 2.32. The first-order valence-electron chi connectivity index (χ1n) is 13.2. The van der Waals surface area contributed by atoms with Crippen molar-refractivity contribution in [1.82, 2.24) is 40.1 Å². The van der Waals surface area contributed by atoms with Gasteiger partial charge >= 0.3 is 0 Å². The summed E-state index contributed by atoms with van der Waals surface area (Å²) in [5.74, 6) is 1.14. The van der Waals surface area contributed by atoms with Crippen LogP contribution in [0.5, 0.6) is 0 Å². The Morgan fingerprint density at radius 1 is 0.821 bits per heavy atom. The van der Waals surface area contributed by atoms with E-state index in [9.17, 15) is 0 Å². The molecule has 0 spiro atoms. The van der Waals surface area contributed by atoms with Crippen LogP contribution in [0.15, 0.2) is 79.7 Å². The zero-order chi connectivity index (χ0) is 26.2. The number of rotatable bonds is 6. The first kappa shape index (κ1) is 23.2. The molecule has 1 fully saturated rings. The second kappa shape index (κ2) is 9.75. The third-order valence-electron chi connectivity index (χ3n) is 7.42. The lowest BCUT2D eigenvalue weighted by Crippen LogP contribution is -2.14. The van der Waals surface area contributed by atoms with Gasteiger partial charge in [-0.25, -0.2) is 9.97 Å². The second-order valence-electron chi connectivity index (χ2n) is 9.99. The van der Waals surface area contributed by atoms with Crippen molar-refractivity contribution in [3.8, 4) is 34.0 Å². The van der Waals surface area contributed by atoms with Gasteiger partial charge in [0.15, 0.2) is 11.5 Å². The molecule has 0 amide bonds. The highest BCUT2D eigenvalue weighted by molar-refractivity contribution is 5.95. The van der Waals surface area contributed by atoms with Crippen molar-refractivity contribution in [3.05, 3.63) is 79.7 Å². The van der Waals surface area contributed by atoms with E-state index in [2.05, 4.69) is 48.1 Å². The van der Waals surface area contributed by atoms with Crippen LogP contribution in [0.2, 0.25) is 0 Å². The number of fused-ring (bicyclic) bond motifs is 2. The van der Waals surface area contributed by atoms with Gasteiger partial charge in [-0.3, -0.25) is 20.1 Å². The van der Waals surface area contributed by atoms with Gasteiger partial charge in [-0.2, -0.15) is 5.10 Å². The molecule has 9 nitrogen and oxygen atoms in total. The number of imidazole rings is 1. The minimum Gasteiger partial charge on any atom is -0.358 e. The number of allylic oxidation sites excluding steroid dienone is 1. The maximum absolute atomic E-state index is 4.97. The van der Waals surface area contributed by atoms with E-state index in [4.69, 9.17) is 9.97 Å². The number of anilines is 1. The van der Waals surface area contributed by atoms with Gasteiger partial charge in [-0.1, -0.05) is 25.8 Å². The maximum Gasteiger partial charge on any atom is 0.161 e. The molecule has 1 saturated carbocycles. The molecule has 0 aliphatic heterocycles. The van der Waals surface area contributed by atoms with E-state index >= 15 is 0 Å². The summed E-state index contributed by atoms with van der Waals surface area (Å²) >= 11 is 0.